The first kappa shape index (κ1) is 15.4. The molecule has 0 spiro atoms. The number of aliphatic hydroxyl groups is 1. The Labute approximate surface area is 126 Å². The van der Waals surface area contributed by atoms with Crippen LogP contribution in [-0.2, 0) is 6.54 Å². The van der Waals surface area contributed by atoms with E-state index in [1.807, 2.05) is 6.07 Å². The third-order valence-corrected chi connectivity index (χ3v) is 4.66. The molecule has 0 aromatic heterocycles. The van der Waals surface area contributed by atoms with Crippen molar-refractivity contribution in [3.63, 3.8) is 0 Å². The number of nitrogens with zero attached hydrogens (tertiary/aromatic N) is 1. The molecule has 2 rings (SSSR count). The van der Waals surface area contributed by atoms with Crippen LogP contribution in [0.2, 0.25) is 0 Å². The molecule has 0 bridgehead atoms. The summed E-state index contributed by atoms with van der Waals surface area (Å²) >= 11 is 3.18. The van der Waals surface area contributed by atoms with Gasteiger partial charge in [-0.1, -0.05) is 12.5 Å². The Kier molecular flexibility index (Phi) is 5.51. The Hall–Kier alpha value is -0.980. The molecule has 1 aromatic carbocycles. The molecular weight excluding hydrogens is 324 g/mol. The molecule has 0 aliphatic heterocycles. The first-order chi connectivity index (χ1) is 9.61. The first-order valence-electron chi connectivity index (χ1n) is 6.86. The monoisotopic (exact) mass is 342 g/mol. The lowest BCUT2D eigenvalue weighted by Crippen LogP contribution is -2.26. The number of nitrogens with one attached hydrogen (secondary N) is 1. The van der Waals surface area contributed by atoms with Gasteiger partial charge in [0.15, 0.2) is 0 Å². The second-order valence-electron chi connectivity index (χ2n) is 5.31. The smallest absolute Gasteiger partial charge is 0.283 e. The van der Waals surface area contributed by atoms with E-state index in [0.717, 1.165) is 24.9 Å². The zero-order valence-corrected chi connectivity index (χ0v) is 12.8. The molecule has 5 nitrogen and oxygen atoms in total. The molecule has 1 aromatic rings. The van der Waals surface area contributed by atoms with Crippen LogP contribution in [0.4, 0.5) is 5.69 Å². The molecule has 0 heterocycles. The summed E-state index contributed by atoms with van der Waals surface area (Å²) in [6, 6.07) is 5.18. The van der Waals surface area contributed by atoms with E-state index in [4.69, 9.17) is 0 Å². The van der Waals surface area contributed by atoms with Gasteiger partial charge in [0, 0.05) is 19.2 Å². The van der Waals surface area contributed by atoms with Crippen LogP contribution in [0.5, 0.6) is 0 Å². The number of hydrogen-bond acceptors (Lipinski definition) is 4. The minimum atomic E-state index is -0.383. The van der Waals surface area contributed by atoms with Crippen molar-refractivity contribution in [1.29, 1.82) is 0 Å². The van der Waals surface area contributed by atoms with E-state index in [1.54, 1.807) is 12.1 Å². The fourth-order valence-electron chi connectivity index (χ4n) is 2.83. The predicted molar refractivity (Wildman–Crippen MR) is 80.4 cm³/mol. The third kappa shape index (κ3) is 3.77. The number of hydrogen-bond donors (Lipinski definition) is 2. The average Bonchev–Trinajstić information content (AvgIpc) is 2.88. The molecule has 6 heteroatoms. The molecule has 2 atom stereocenters. The number of nitro benzene ring substituents is 1. The lowest BCUT2D eigenvalue weighted by molar-refractivity contribution is -0.385. The summed E-state index contributed by atoms with van der Waals surface area (Å²) in [5.74, 6) is 0.923. The lowest BCUT2D eigenvalue weighted by atomic mass is 9.97. The first-order valence-corrected chi connectivity index (χ1v) is 7.65. The lowest BCUT2D eigenvalue weighted by Gasteiger charge is -2.17. The van der Waals surface area contributed by atoms with Gasteiger partial charge in [0.05, 0.1) is 9.40 Å². The van der Waals surface area contributed by atoms with Crippen molar-refractivity contribution in [2.75, 3.05) is 13.2 Å². The van der Waals surface area contributed by atoms with E-state index >= 15 is 0 Å². The Bertz CT molecular complexity index is 481. The van der Waals surface area contributed by atoms with Gasteiger partial charge in [0.25, 0.3) is 5.69 Å². The maximum Gasteiger partial charge on any atom is 0.283 e. The van der Waals surface area contributed by atoms with Crippen molar-refractivity contribution in [2.45, 2.75) is 25.8 Å². The second-order valence-corrected chi connectivity index (χ2v) is 6.16. The molecule has 0 saturated heterocycles. The molecule has 1 aliphatic rings. The summed E-state index contributed by atoms with van der Waals surface area (Å²) < 4.78 is 0.502. The summed E-state index contributed by atoms with van der Waals surface area (Å²) in [6.45, 7) is 1.73. The van der Waals surface area contributed by atoms with Crippen LogP contribution in [0, 0.1) is 22.0 Å². The number of aliphatic hydroxyl groups excluding tert-OH is 1. The number of nitro groups is 1. The summed E-state index contributed by atoms with van der Waals surface area (Å²) in [7, 11) is 0. The van der Waals surface area contributed by atoms with Crippen LogP contribution < -0.4 is 5.32 Å². The zero-order valence-electron chi connectivity index (χ0n) is 11.2. The third-order valence-electron chi connectivity index (χ3n) is 3.99. The second kappa shape index (κ2) is 7.15. The van der Waals surface area contributed by atoms with Gasteiger partial charge in [0.1, 0.15) is 0 Å². The Balaban J connectivity index is 1.88. The van der Waals surface area contributed by atoms with Gasteiger partial charge in [-0.25, -0.2) is 0 Å². The Morgan fingerprint density at radius 1 is 1.40 bits per heavy atom. The van der Waals surface area contributed by atoms with Crippen molar-refractivity contribution in [1.82, 2.24) is 5.32 Å². The van der Waals surface area contributed by atoms with Gasteiger partial charge in [-0.3, -0.25) is 10.1 Å². The van der Waals surface area contributed by atoms with Crippen LogP contribution >= 0.6 is 15.9 Å². The fourth-order valence-corrected chi connectivity index (χ4v) is 3.22. The standard InChI is InChI=1S/C14H19BrN2O3/c15-13-5-4-10(6-14(13)17(19)20)7-16-8-11-2-1-3-12(11)9-18/h4-6,11-12,16,18H,1-3,7-9H2. The largest absolute Gasteiger partial charge is 0.396 e. The summed E-state index contributed by atoms with van der Waals surface area (Å²) in [5, 5.41) is 23.5. The highest BCUT2D eigenvalue weighted by Gasteiger charge is 2.25. The highest BCUT2D eigenvalue weighted by atomic mass is 79.9. The van der Waals surface area contributed by atoms with Crippen molar-refractivity contribution >= 4 is 21.6 Å². The van der Waals surface area contributed by atoms with E-state index in [0.29, 0.717) is 22.9 Å². The maximum atomic E-state index is 10.9. The quantitative estimate of drug-likeness (QED) is 0.615. The summed E-state index contributed by atoms with van der Waals surface area (Å²) in [5.41, 5.74) is 0.997. The average molecular weight is 343 g/mol. The summed E-state index contributed by atoms with van der Waals surface area (Å²) in [6.07, 6.45) is 3.44. The van der Waals surface area contributed by atoms with Crippen LogP contribution in [-0.4, -0.2) is 23.2 Å². The SMILES string of the molecule is O=[N+]([O-])c1cc(CNCC2CCCC2CO)ccc1Br. The number of halogens is 1. The van der Waals surface area contributed by atoms with Gasteiger partial charge in [-0.2, -0.15) is 0 Å². The topological polar surface area (TPSA) is 75.4 Å². The fraction of sp³-hybridized carbons (Fsp3) is 0.571. The van der Waals surface area contributed by atoms with Crippen molar-refractivity contribution in [2.24, 2.45) is 11.8 Å². The van der Waals surface area contributed by atoms with E-state index in [1.165, 1.54) is 6.42 Å². The highest BCUT2D eigenvalue weighted by molar-refractivity contribution is 9.10. The van der Waals surface area contributed by atoms with Crippen LogP contribution in [0.3, 0.4) is 0 Å². The maximum absolute atomic E-state index is 10.9. The zero-order chi connectivity index (χ0) is 14.5. The molecule has 2 N–H and O–H groups in total. The Morgan fingerprint density at radius 3 is 2.85 bits per heavy atom. The Morgan fingerprint density at radius 2 is 2.15 bits per heavy atom. The van der Waals surface area contributed by atoms with E-state index < -0.39 is 0 Å². The molecule has 1 fully saturated rings. The number of benzene rings is 1. The van der Waals surface area contributed by atoms with Gasteiger partial charge in [0.2, 0.25) is 0 Å². The van der Waals surface area contributed by atoms with Crippen LogP contribution in [0.15, 0.2) is 22.7 Å². The molecule has 20 heavy (non-hydrogen) atoms. The van der Waals surface area contributed by atoms with Gasteiger partial charge >= 0.3 is 0 Å². The van der Waals surface area contributed by atoms with Crippen LogP contribution in [0.25, 0.3) is 0 Å². The van der Waals surface area contributed by atoms with Crippen LogP contribution in [0.1, 0.15) is 24.8 Å². The normalized spacial score (nSPS) is 22.1. The van der Waals surface area contributed by atoms with Gasteiger partial charge in [-0.15, -0.1) is 0 Å². The predicted octanol–water partition coefficient (Wildman–Crippen LogP) is 2.86. The summed E-state index contributed by atoms with van der Waals surface area (Å²) in [4.78, 5) is 10.5. The molecule has 2 unspecified atom stereocenters. The van der Waals surface area contributed by atoms with Crippen molar-refractivity contribution in [3.8, 4) is 0 Å². The number of rotatable bonds is 6. The minimum Gasteiger partial charge on any atom is -0.396 e. The molecule has 0 radical (unpaired) electrons. The molecule has 110 valence electrons. The van der Waals surface area contributed by atoms with E-state index in [9.17, 15) is 15.2 Å². The highest BCUT2D eigenvalue weighted by Crippen LogP contribution is 2.31. The molecule has 0 amide bonds. The minimum absolute atomic E-state index is 0.0957. The molecule has 1 aliphatic carbocycles. The van der Waals surface area contributed by atoms with Crippen molar-refractivity contribution < 1.29 is 10.0 Å². The van der Waals surface area contributed by atoms with E-state index in [2.05, 4.69) is 21.2 Å². The van der Waals surface area contributed by atoms with Gasteiger partial charge < -0.3 is 10.4 Å². The van der Waals surface area contributed by atoms with E-state index in [-0.39, 0.29) is 17.2 Å². The van der Waals surface area contributed by atoms with Crippen molar-refractivity contribution in [3.05, 3.63) is 38.3 Å². The molecular formula is C14H19BrN2O3. The molecule has 1 saturated carbocycles. The van der Waals surface area contributed by atoms with Gasteiger partial charge in [-0.05, 0) is 58.8 Å².